The van der Waals surface area contributed by atoms with Gasteiger partial charge >= 0.3 is 0 Å². The van der Waals surface area contributed by atoms with Crippen molar-refractivity contribution in [1.82, 2.24) is 0 Å². The number of carbonyl (C=O) groups excluding carboxylic acids is 2. The Balaban J connectivity index is 2.24. The lowest BCUT2D eigenvalue weighted by molar-refractivity contribution is -0.114. The first-order valence-electron chi connectivity index (χ1n) is 6.55. The maximum atomic E-state index is 13.8. The number of phenols is 1. The largest absolute Gasteiger partial charge is 0.508 e. The molecule has 0 aliphatic rings. The van der Waals surface area contributed by atoms with E-state index < -0.39 is 11.7 Å². The SMILES string of the molecule is CC(=O)Nc1ccc(F)c(C(=O)Nc2ccc(C)c(O)c2)c1. The Morgan fingerprint density at radius 1 is 1.05 bits per heavy atom. The predicted molar refractivity (Wildman–Crippen MR) is 81.5 cm³/mol. The van der Waals surface area contributed by atoms with Crippen molar-refractivity contribution < 1.29 is 19.1 Å². The Labute approximate surface area is 126 Å². The number of aryl methyl sites for hydroxylation is 1. The Morgan fingerprint density at radius 3 is 2.32 bits per heavy atom. The van der Waals surface area contributed by atoms with E-state index in [0.29, 0.717) is 16.9 Å². The van der Waals surface area contributed by atoms with Crippen molar-refractivity contribution in [3.63, 3.8) is 0 Å². The van der Waals surface area contributed by atoms with Crippen LogP contribution in [-0.4, -0.2) is 16.9 Å². The van der Waals surface area contributed by atoms with Crippen LogP contribution >= 0.6 is 0 Å². The highest BCUT2D eigenvalue weighted by Gasteiger charge is 2.14. The van der Waals surface area contributed by atoms with Crippen molar-refractivity contribution in [3.05, 3.63) is 53.3 Å². The molecule has 0 radical (unpaired) electrons. The molecular formula is C16H15FN2O3. The fourth-order valence-electron chi connectivity index (χ4n) is 1.87. The van der Waals surface area contributed by atoms with Crippen LogP contribution in [0.4, 0.5) is 15.8 Å². The summed E-state index contributed by atoms with van der Waals surface area (Å²) >= 11 is 0. The molecule has 0 unspecified atom stereocenters. The number of benzene rings is 2. The summed E-state index contributed by atoms with van der Waals surface area (Å²) in [6.45, 7) is 3.04. The summed E-state index contributed by atoms with van der Waals surface area (Å²) in [6.07, 6.45) is 0. The van der Waals surface area contributed by atoms with Crippen LogP contribution in [0.2, 0.25) is 0 Å². The Bertz CT molecular complexity index is 744. The zero-order chi connectivity index (χ0) is 16.3. The molecule has 0 bridgehead atoms. The minimum absolute atomic E-state index is 0.0327. The molecule has 0 aliphatic heterocycles. The summed E-state index contributed by atoms with van der Waals surface area (Å²) in [5.41, 5.74) is 1.13. The van der Waals surface area contributed by atoms with Gasteiger partial charge in [-0.2, -0.15) is 0 Å². The predicted octanol–water partition coefficient (Wildman–Crippen LogP) is 3.05. The summed E-state index contributed by atoms with van der Waals surface area (Å²) in [7, 11) is 0. The van der Waals surface area contributed by atoms with E-state index in [1.807, 2.05) is 0 Å². The van der Waals surface area contributed by atoms with Crippen molar-refractivity contribution in [2.45, 2.75) is 13.8 Å². The van der Waals surface area contributed by atoms with Gasteiger partial charge < -0.3 is 15.7 Å². The Morgan fingerprint density at radius 2 is 1.68 bits per heavy atom. The van der Waals surface area contributed by atoms with Gasteiger partial charge in [0.05, 0.1) is 5.56 Å². The molecule has 22 heavy (non-hydrogen) atoms. The van der Waals surface area contributed by atoms with Crippen LogP contribution in [0.5, 0.6) is 5.75 Å². The van der Waals surface area contributed by atoms with E-state index in [1.54, 1.807) is 19.1 Å². The molecule has 0 heterocycles. The summed E-state index contributed by atoms with van der Waals surface area (Å²) < 4.78 is 13.8. The molecular weight excluding hydrogens is 287 g/mol. The molecule has 3 N–H and O–H groups in total. The van der Waals surface area contributed by atoms with E-state index in [2.05, 4.69) is 10.6 Å². The van der Waals surface area contributed by atoms with E-state index in [0.717, 1.165) is 6.07 Å². The molecule has 5 nitrogen and oxygen atoms in total. The topological polar surface area (TPSA) is 78.4 Å². The van der Waals surface area contributed by atoms with Gasteiger partial charge in [0.25, 0.3) is 5.91 Å². The van der Waals surface area contributed by atoms with Crippen LogP contribution in [0.3, 0.4) is 0 Å². The fraction of sp³-hybridized carbons (Fsp3) is 0.125. The number of carbonyl (C=O) groups is 2. The number of rotatable bonds is 3. The molecule has 0 aliphatic carbocycles. The lowest BCUT2D eigenvalue weighted by atomic mass is 10.1. The Hall–Kier alpha value is -2.89. The lowest BCUT2D eigenvalue weighted by Crippen LogP contribution is -2.15. The summed E-state index contributed by atoms with van der Waals surface area (Å²) in [5.74, 6) is -1.66. The molecule has 2 aromatic carbocycles. The molecule has 6 heteroatoms. The van der Waals surface area contributed by atoms with Gasteiger partial charge in [-0.05, 0) is 36.8 Å². The third-order valence-corrected chi connectivity index (χ3v) is 3.00. The molecule has 2 aromatic rings. The van der Waals surface area contributed by atoms with Gasteiger partial charge in [0.2, 0.25) is 5.91 Å². The molecule has 0 saturated carbocycles. The first kappa shape index (κ1) is 15.5. The van der Waals surface area contributed by atoms with Crippen LogP contribution < -0.4 is 10.6 Å². The number of nitrogens with one attached hydrogen (secondary N) is 2. The first-order valence-corrected chi connectivity index (χ1v) is 6.55. The van der Waals surface area contributed by atoms with E-state index in [4.69, 9.17) is 0 Å². The third-order valence-electron chi connectivity index (χ3n) is 3.00. The normalized spacial score (nSPS) is 10.1. The lowest BCUT2D eigenvalue weighted by Gasteiger charge is -2.09. The minimum atomic E-state index is -0.706. The maximum Gasteiger partial charge on any atom is 0.258 e. The Kier molecular flexibility index (Phi) is 4.41. The quantitative estimate of drug-likeness (QED) is 0.815. The van der Waals surface area contributed by atoms with E-state index >= 15 is 0 Å². The van der Waals surface area contributed by atoms with Crippen LogP contribution in [0.15, 0.2) is 36.4 Å². The first-order chi connectivity index (χ1) is 10.4. The summed E-state index contributed by atoms with van der Waals surface area (Å²) in [5, 5.41) is 14.6. The monoisotopic (exact) mass is 302 g/mol. The number of hydrogen-bond acceptors (Lipinski definition) is 3. The average molecular weight is 302 g/mol. The third kappa shape index (κ3) is 3.60. The summed E-state index contributed by atoms with van der Waals surface area (Å²) in [6, 6.07) is 8.33. The highest BCUT2D eigenvalue weighted by atomic mass is 19.1. The van der Waals surface area contributed by atoms with Crippen molar-refractivity contribution in [2.24, 2.45) is 0 Å². The highest BCUT2D eigenvalue weighted by Crippen LogP contribution is 2.22. The maximum absolute atomic E-state index is 13.8. The van der Waals surface area contributed by atoms with E-state index in [9.17, 15) is 19.1 Å². The molecule has 0 atom stereocenters. The minimum Gasteiger partial charge on any atom is -0.508 e. The smallest absolute Gasteiger partial charge is 0.258 e. The standard InChI is InChI=1S/C16H15FN2O3/c1-9-3-4-12(8-15(9)21)19-16(22)13-7-11(18-10(2)20)5-6-14(13)17/h3-8,21H,1-2H3,(H,18,20)(H,19,22). The van der Waals surface area contributed by atoms with Gasteiger partial charge in [0.1, 0.15) is 11.6 Å². The number of phenolic OH excluding ortho intramolecular Hbond substituents is 1. The van der Waals surface area contributed by atoms with Gasteiger partial charge in [-0.15, -0.1) is 0 Å². The molecule has 2 rings (SSSR count). The zero-order valence-corrected chi connectivity index (χ0v) is 12.1. The number of amides is 2. The van der Waals surface area contributed by atoms with Crippen molar-refractivity contribution in [1.29, 1.82) is 0 Å². The highest BCUT2D eigenvalue weighted by molar-refractivity contribution is 6.05. The molecule has 2 amide bonds. The average Bonchev–Trinajstić information content (AvgIpc) is 2.44. The van der Waals surface area contributed by atoms with Crippen LogP contribution in [-0.2, 0) is 4.79 Å². The number of halogens is 1. The molecule has 0 aromatic heterocycles. The van der Waals surface area contributed by atoms with Crippen molar-refractivity contribution in [3.8, 4) is 5.75 Å². The van der Waals surface area contributed by atoms with Crippen molar-refractivity contribution >= 4 is 23.2 Å². The van der Waals surface area contributed by atoms with Gasteiger partial charge in [0.15, 0.2) is 0 Å². The second-order valence-electron chi connectivity index (χ2n) is 4.83. The van der Waals surface area contributed by atoms with Crippen LogP contribution in [0.25, 0.3) is 0 Å². The van der Waals surface area contributed by atoms with Crippen molar-refractivity contribution in [2.75, 3.05) is 10.6 Å². The van der Waals surface area contributed by atoms with Gasteiger partial charge in [-0.25, -0.2) is 4.39 Å². The van der Waals surface area contributed by atoms with Gasteiger partial charge in [-0.1, -0.05) is 6.07 Å². The van der Waals surface area contributed by atoms with Crippen LogP contribution in [0, 0.1) is 12.7 Å². The molecule has 114 valence electrons. The zero-order valence-electron chi connectivity index (χ0n) is 12.1. The number of hydrogen-bond donors (Lipinski definition) is 3. The van der Waals surface area contributed by atoms with Crippen LogP contribution in [0.1, 0.15) is 22.8 Å². The summed E-state index contributed by atoms with van der Waals surface area (Å²) in [4.78, 5) is 23.1. The molecule has 0 spiro atoms. The number of anilines is 2. The number of aromatic hydroxyl groups is 1. The van der Waals surface area contributed by atoms with E-state index in [-0.39, 0.29) is 17.2 Å². The molecule has 0 fully saturated rings. The molecule has 0 saturated heterocycles. The van der Waals surface area contributed by atoms with E-state index in [1.165, 1.54) is 25.1 Å². The van der Waals surface area contributed by atoms with Gasteiger partial charge in [0, 0.05) is 24.4 Å². The second-order valence-corrected chi connectivity index (χ2v) is 4.83. The van der Waals surface area contributed by atoms with Gasteiger partial charge in [-0.3, -0.25) is 9.59 Å². The fourth-order valence-corrected chi connectivity index (χ4v) is 1.87. The second kappa shape index (κ2) is 6.26.